The van der Waals surface area contributed by atoms with Crippen LogP contribution in [-0.4, -0.2) is 30.2 Å². The first kappa shape index (κ1) is 11.6. The first-order chi connectivity index (χ1) is 8.15. The third-order valence-electron chi connectivity index (χ3n) is 3.20. The maximum Gasteiger partial charge on any atom is 0.233 e. The maximum atomic E-state index is 12.3. The van der Waals surface area contributed by atoms with Crippen molar-refractivity contribution in [3.8, 4) is 0 Å². The fraction of sp³-hybridized carbons (Fsp3) is 0.286. The lowest BCUT2D eigenvalue weighted by Crippen LogP contribution is -2.28. The van der Waals surface area contributed by atoms with Gasteiger partial charge in [0, 0.05) is 25.1 Å². The van der Waals surface area contributed by atoms with Gasteiger partial charge in [-0.3, -0.25) is 9.59 Å². The van der Waals surface area contributed by atoms with Crippen LogP contribution < -0.4 is 0 Å². The van der Waals surface area contributed by atoms with Gasteiger partial charge >= 0.3 is 0 Å². The average Bonchev–Trinajstić information content (AvgIpc) is 2.65. The van der Waals surface area contributed by atoms with Crippen LogP contribution in [0, 0.1) is 11.8 Å². The Kier molecular flexibility index (Phi) is 3.09. The van der Waals surface area contributed by atoms with E-state index in [2.05, 4.69) is 6.58 Å². The van der Waals surface area contributed by atoms with Gasteiger partial charge in [0.25, 0.3) is 0 Å². The molecule has 2 rings (SSSR count). The lowest BCUT2D eigenvalue weighted by molar-refractivity contribution is -0.128. The Morgan fingerprint density at radius 2 is 2.06 bits per heavy atom. The number of nitrogens with zero attached hydrogens (tertiary/aromatic N) is 1. The van der Waals surface area contributed by atoms with Crippen LogP contribution in [-0.2, 0) is 4.79 Å². The van der Waals surface area contributed by atoms with Crippen molar-refractivity contribution in [3.05, 3.63) is 48.6 Å². The van der Waals surface area contributed by atoms with Gasteiger partial charge in [0.2, 0.25) is 5.91 Å². The quantitative estimate of drug-likeness (QED) is 0.450. The number of carbonyl (C=O) groups is 2. The van der Waals surface area contributed by atoms with Gasteiger partial charge in [0.05, 0.1) is 0 Å². The Balaban J connectivity index is 2.30. The molecule has 1 aromatic carbocycles. The van der Waals surface area contributed by atoms with Crippen molar-refractivity contribution in [3.63, 3.8) is 0 Å². The number of hydrogen-bond acceptors (Lipinski definition) is 2. The molecule has 1 amide bonds. The highest BCUT2D eigenvalue weighted by atomic mass is 16.2. The minimum atomic E-state index is -0.597. The van der Waals surface area contributed by atoms with Crippen LogP contribution in [0.25, 0.3) is 0 Å². The van der Waals surface area contributed by atoms with Gasteiger partial charge in [-0.15, -0.1) is 6.58 Å². The van der Waals surface area contributed by atoms with E-state index in [1.165, 1.54) is 0 Å². The van der Waals surface area contributed by atoms with Crippen LogP contribution in [0.15, 0.2) is 43.0 Å². The minimum Gasteiger partial charge on any atom is -0.344 e. The molecule has 3 nitrogen and oxygen atoms in total. The Morgan fingerprint density at radius 3 is 2.65 bits per heavy atom. The summed E-state index contributed by atoms with van der Waals surface area (Å²) in [5.74, 6) is -0.895. The zero-order valence-corrected chi connectivity index (χ0v) is 9.80. The van der Waals surface area contributed by atoms with Gasteiger partial charge in [0.15, 0.2) is 5.78 Å². The normalized spacial score (nSPS) is 23.8. The Morgan fingerprint density at radius 1 is 1.41 bits per heavy atom. The summed E-state index contributed by atoms with van der Waals surface area (Å²) in [6.07, 6.45) is 1.70. The van der Waals surface area contributed by atoms with E-state index in [-0.39, 0.29) is 17.6 Å². The number of amides is 1. The molecule has 1 heterocycles. The second kappa shape index (κ2) is 4.53. The number of carbonyl (C=O) groups excluding carboxylic acids is 2. The molecule has 1 aromatic rings. The van der Waals surface area contributed by atoms with Gasteiger partial charge in [-0.25, -0.2) is 0 Å². The molecule has 0 unspecified atom stereocenters. The maximum absolute atomic E-state index is 12.3. The molecule has 1 aliphatic rings. The van der Waals surface area contributed by atoms with E-state index in [0.29, 0.717) is 12.1 Å². The fourth-order valence-corrected chi connectivity index (χ4v) is 2.23. The third-order valence-corrected chi connectivity index (χ3v) is 3.20. The van der Waals surface area contributed by atoms with Gasteiger partial charge in [-0.2, -0.15) is 0 Å². The molecular weight excluding hydrogens is 214 g/mol. The summed E-state index contributed by atoms with van der Waals surface area (Å²) >= 11 is 0. The Labute approximate surface area is 101 Å². The summed E-state index contributed by atoms with van der Waals surface area (Å²) in [6, 6.07) is 8.95. The topological polar surface area (TPSA) is 37.4 Å². The zero-order valence-electron chi connectivity index (χ0n) is 9.80. The molecule has 88 valence electrons. The number of Topliss-reactive ketones (excluding diaryl/α,β-unsaturated/α-hetero) is 1. The van der Waals surface area contributed by atoms with Crippen LogP contribution >= 0.6 is 0 Å². The van der Waals surface area contributed by atoms with E-state index in [0.717, 1.165) is 0 Å². The molecule has 0 aromatic heterocycles. The van der Waals surface area contributed by atoms with Crippen molar-refractivity contribution in [2.45, 2.75) is 0 Å². The van der Waals surface area contributed by atoms with Crippen LogP contribution in [0.2, 0.25) is 0 Å². The number of ketones is 1. The highest BCUT2D eigenvalue weighted by Crippen LogP contribution is 2.27. The summed E-state index contributed by atoms with van der Waals surface area (Å²) < 4.78 is 0. The third kappa shape index (κ3) is 2.00. The molecule has 0 radical (unpaired) electrons. The van der Waals surface area contributed by atoms with Gasteiger partial charge in [-0.05, 0) is 0 Å². The SMILES string of the molecule is C=C[C@@H]1CN(C)C(=O)[C@H]1C(=O)c1ccccc1. The standard InChI is InChI=1S/C14H15NO2/c1-3-10-9-15(2)14(17)12(10)13(16)11-7-5-4-6-8-11/h3-8,10,12H,1,9H2,2H3/t10-,12-/m1/s1. The lowest BCUT2D eigenvalue weighted by atomic mass is 9.88. The van der Waals surface area contributed by atoms with Crippen molar-refractivity contribution in [1.29, 1.82) is 0 Å². The molecule has 1 aliphatic heterocycles. The van der Waals surface area contributed by atoms with Crippen molar-refractivity contribution in [1.82, 2.24) is 4.90 Å². The highest BCUT2D eigenvalue weighted by molar-refractivity contribution is 6.11. The van der Waals surface area contributed by atoms with Gasteiger partial charge < -0.3 is 4.90 Å². The number of hydrogen-bond donors (Lipinski definition) is 0. The average molecular weight is 229 g/mol. The van der Waals surface area contributed by atoms with Crippen molar-refractivity contribution in [2.24, 2.45) is 11.8 Å². The first-order valence-electron chi connectivity index (χ1n) is 5.62. The molecule has 0 aliphatic carbocycles. The molecule has 1 saturated heterocycles. The molecule has 0 N–H and O–H groups in total. The molecule has 2 atom stereocenters. The van der Waals surface area contributed by atoms with E-state index in [4.69, 9.17) is 0 Å². The molecule has 3 heteroatoms. The summed E-state index contributed by atoms with van der Waals surface area (Å²) in [5, 5.41) is 0. The molecule has 0 saturated carbocycles. The predicted molar refractivity (Wildman–Crippen MR) is 65.6 cm³/mol. The smallest absolute Gasteiger partial charge is 0.233 e. The Hall–Kier alpha value is -1.90. The van der Waals surface area contributed by atoms with E-state index in [9.17, 15) is 9.59 Å². The van der Waals surface area contributed by atoms with E-state index >= 15 is 0 Å². The van der Waals surface area contributed by atoms with Crippen molar-refractivity contribution >= 4 is 11.7 Å². The lowest BCUT2D eigenvalue weighted by Gasteiger charge is -2.11. The molecular formula is C14H15NO2. The van der Waals surface area contributed by atoms with E-state index < -0.39 is 5.92 Å². The van der Waals surface area contributed by atoms with Crippen LogP contribution in [0.4, 0.5) is 0 Å². The molecule has 0 spiro atoms. The minimum absolute atomic E-state index is 0.0831. The van der Waals surface area contributed by atoms with E-state index in [1.807, 2.05) is 6.07 Å². The first-order valence-corrected chi connectivity index (χ1v) is 5.62. The van der Waals surface area contributed by atoms with Crippen LogP contribution in [0.3, 0.4) is 0 Å². The van der Waals surface area contributed by atoms with Crippen LogP contribution in [0.5, 0.6) is 0 Å². The summed E-state index contributed by atoms with van der Waals surface area (Å²) in [4.78, 5) is 25.8. The van der Waals surface area contributed by atoms with Crippen molar-refractivity contribution < 1.29 is 9.59 Å². The second-order valence-electron chi connectivity index (χ2n) is 4.33. The van der Waals surface area contributed by atoms with E-state index in [1.54, 1.807) is 42.3 Å². The number of likely N-dealkylation sites (tertiary alicyclic amines) is 1. The highest BCUT2D eigenvalue weighted by Gasteiger charge is 2.41. The van der Waals surface area contributed by atoms with Gasteiger partial charge in [0.1, 0.15) is 5.92 Å². The zero-order chi connectivity index (χ0) is 12.4. The van der Waals surface area contributed by atoms with Crippen molar-refractivity contribution in [2.75, 3.05) is 13.6 Å². The summed E-state index contributed by atoms with van der Waals surface area (Å²) in [7, 11) is 1.72. The molecule has 0 bridgehead atoms. The fourth-order valence-electron chi connectivity index (χ4n) is 2.23. The predicted octanol–water partition coefficient (Wildman–Crippen LogP) is 1.76. The summed E-state index contributed by atoms with van der Waals surface area (Å²) in [5.41, 5.74) is 0.591. The number of rotatable bonds is 3. The summed E-state index contributed by atoms with van der Waals surface area (Å²) in [6.45, 7) is 4.28. The van der Waals surface area contributed by atoms with Crippen LogP contribution in [0.1, 0.15) is 10.4 Å². The largest absolute Gasteiger partial charge is 0.344 e. The Bertz CT molecular complexity index is 453. The van der Waals surface area contributed by atoms with Gasteiger partial charge in [-0.1, -0.05) is 36.4 Å². The monoisotopic (exact) mass is 229 g/mol. The second-order valence-corrected chi connectivity index (χ2v) is 4.33. The molecule has 17 heavy (non-hydrogen) atoms. The molecule has 1 fully saturated rings. The number of benzene rings is 1.